The van der Waals surface area contributed by atoms with E-state index in [1.54, 1.807) is 32.9 Å². The smallest absolute Gasteiger partial charge is 0.444 e. The molecule has 402 valence electrons. The minimum Gasteiger partial charge on any atom is -0.444 e. The first-order valence-electron chi connectivity index (χ1n) is 27.3. The molecule has 0 radical (unpaired) electrons. The van der Waals surface area contributed by atoms with Crippen LogP contribution in [0.15, 0.2) is 48.5 Å². The second kappa shape index (κ2) is 26.0. The van der Waals surface area contributed by atoms with Crippen molar-refractivity contribution in [3.05, 3.63) is 59.7 Å². The Balaban J connectivity index is 1.10. The van der Waals surface area contributed by atoms with E-state index in [4.69, 9.17) is 18.8 Å². The average molecular weight is 1010 g/mol. The van der Waals surface area contributed by atoms with Crippen LogP contribution >= 0.6 is 0 Å². The quantitative estimate of drug-likeness (QED) is 0.0720. The van der Waals surface area contributed by atoms with Crippen LogP contribution in [0.3, 0.4) is 0 Å². The van der Waals surface area contributed by atoms with Crippen molar-refractivity contribution in [2.75, 3.05) is 19.8 Å². The molecule has 2 aromatic rings. The summed E-state index contributed by atoms with van der Waals surface area (Å²) >= 11 is 0. The highest BCUT2D eigenvalue weighted by molar-refractivity contribution is 6.47. The molecule has 3 aliphatic carbocycles. The Hall–Kier alpha value is -5.00. The van der Waals surface area contributed by atoms with E-state index in [1.165, 1.54) is 12.5 Å². The third-order valence-corrected chi connectivity index (χ3v) is 15.5. The highest BCUT2D eigenvalue weighted by atomic mass is 16.7. The number of aryl methyl sites for hydroxylation is 1. The number of rotatable bonds is 16. The lowest BCUT2D eigenvalue weighted by Crippen LogP contribution is -2.65. The van der Waals surface area contributed by atoms with Gasteiger partial charge < -0.3 is 50.7 Å². The van der Waals surface area contributed by atoms with Crippen molar-refractivity contribution < 1.29 is 47.5 Å². The zero-order valence-electron chi connectivity index (χ0n) is 45.1. The predicted molar refractivity (Wildman–Crippen MR) is 282 cm³/mol. The van der Waals surface area contributed by atoms with Crippen LogP contribution in [0.25, 0.3) is 11.1 Å². The lowest BCUT2D eigenvalue weighted by Gasteiger charge is -2.64. The fourth-order valence-corrected chi connectivity index (χ4v) is 10.9. The predicted octanol–water partition coefficient (Wildman–Crippen LogP) is 7.50. The van der Waals surface area contributed by atoms with Crippen molar-refractivity contribution in [1.82, 2.24) is 31.9 Å². The zero-order chi connectivity index (χ0) is 52.9. The molecule has 2 bridgehead atoms. The number of ether oxygens (including phenoxy) is 2. The van der Waals surface area contributed by atoms with Gasteiger partial charge in [-0.2, -0.15) is 0 Å². The normalized spacial score (nSPS) is 26.6. The van der Waals surface area contributed by atoms with Gasteiger partial charge in [0.15, 0.2) is 0 Å². The molecule has 73 heavy (non-hydrogen) atoms. The van der Waals surface area contributed by atoms with E-state index in [2.05, 4.69) is 83.9 Å². The van der Waals surface area contributed by atoms with Gasteiger partial charge in [-0.05, 0) is 145 Å². The first kappa shape index (κ1) is 57.3. The number of carbonyl (C=O) groups excluding carboxylic acids is 6. The summed E-state index contributed by atoms with van der Waals surface area (Å²) in [5.41, 5.74) is 2.67. The molecule has 2 heterocycles. The van der Waals surface area contributed by atoms with Crippen LogP contribution in [0.5, 0.6) is 0 Å². The molecular weight excluding hydrogens is 927 g/mol. The first-order chi connectivity index (χ1) is 34.7. The molecule has 2 aliphatic heterocycles. The molecule has 0 spiro atoms. The van der Waals surface area contributed by atoms with Gasteiger partial charge >= 0.3 is 13.2 Å². The molecule has 2 saturated heterocycles. The minimum absolute atomic E-state index is 0.0411. The Morgan fingerprint density at radius 1 is 0.849 bits per heavy atom. The maximum atomic E-state index is 14.3. The largest absolute Gasteiger partial charge is 0.481 e. The van der Waals surface area contributed by atoms with Gasteiger partial charge in [-0.15, -0.1) is 0 Å². The van der Waals surface area contributed by atoms with E-state index >= 15 is 0 Å². The van der Waals surface area contributed by atoms with Crippen LogP contribution in [-0.4, -0.2) is 110 Å². The van der Waals surface area contributed by atoms with Crippen molar-refractivity contribution in [2.45, 2.75) is 206 Å². The van der Waals surface area contributed by atoms with Crippen molar-refractivity contribution in [1.29, 1.82) is 0 Å². The third-order valence-electron chi connectivity index (χ3n) is 15.5. The molecule has 2 aromatic carbocycles. The standard InChI is InChI=1S/C56H85BN6O10/c1-10-11-20-38-23-25-39(26-24-38)40-27-29-41(30-28-40)49(65)62-44(22-17-18-31-58-53(69)71-54(4,5)6)51(67)63-45-35-70-32-19-15-13-12-14-16-21-43(61-48(64)36(2)59-52(45)68)50(66)60-37(3)57-72-47-34-42-33-46(55(42,7)8)56(47,9)73-57/h23-30,36-37,42-47H,10-22,31-35H2,1-9H3,(H,58,69)(H,59,68)(H,60,66)(H,61,64)(H,62,65)(H,63,67)/t36-,37-,42-,43-,44-,45-,46-,47+,56-/m0/s1. The Labute approximate surface area is 434 Å². The summed E-state index contributed by atoms with van der Waals surface area (Å²) in [5, 5.41) is 17.1. The number of amides is 6. The van der Waals surface area contributed by atoms with Crippen LogP contribution in [-0.2, 0) is 44.4 Å². The van der Waals surface area contributed by atoms with Gasteiger partial charge in [-0.3, -0.25) is 24.0 Å². The molecule has 7 rings (SSSR count). The zero-order valence-corrected chi connectivity index (χ0v) is 45.1. The maximum Gasteiger partial charge on any atom is 0.481 e. The Morgan fingerprint density at radius 2 is 1.52 bits per heavy atom. The number of carbonyl (C=O) groups is 6. The maximum absolute atomic E-state index is 14.3. The van der Waals surface area contributed by atoms with E-state index in [9.17, 15) is 28.8 Å². The second-order valence-electron chi connectivity index (χ2n) is 22.8. The second-order valence-corrected chi connectivity index (χ2v) is 22.8. The molecule has 9 atom stereocenters. The number of alkyl carbamates (subject to hydrolysis) is 1. The number of unbranched alkanes of at least 4 members (excludes halogenated alkanes) is 2. The molecule has 6 amide bonds. The SMILES string of the molecule is CCCCc1ccc(-c2ccc(C(=O)N[C@@H](CCCCNC(=O)OC(C)(C)C)C(=O)N[C@H]3COCCCCCCCC[C@@H](C(=O)N[C@@H](C)B4O[C@@H]5C[C@@H]6C[C@@H](C6(C)C)[C@]5(C)O4)NC(=O)[C@H](C)NC3=O)cc2)cc1. The highest BCUT2D eigenvalue weighted by Gasteiger charge is 2.68. The van der Waals surface area contributed by atoms with Gasteiger partial charge in [0.1, 0.15) is 29.8 Å². The fraction of sp³-hybridized carbons (Fsp3) is 0.679. The van der Waals surface area contributed by atoms with E-state index in [-0.39, 0.29) is 37.0 Å². The summed E-state index contributed by atoms with van der Waals surface area (Å²) in [7, 11) is -0.628. The summed E-state index contributed by atoms with van der Waals surface area (Å²) < 4.78 is 24.4. The molecule has 3 saturated carbocycles. The van der Waals surface area contributed by atoms with Crippen molar-refractivity contribution in [2.24, 2.45) is 17.3 Å². The number of benzene rings is 2. The van der Waals surface area contributed by atoms with Gasteiger partial charge in [0.05, 0.1) is 24.3 Å². The molecule has 0 aromatic heterocycles. The van der Waals surface area contributed by atoms with Crippen LogP contribution in [0.2, 0.25) is 0 Å². The van der Waals surface area contributed by atoms with E-state index in [1.807, 2.05) is 19.1 Å². The number of hydrogen-bond donors (Lipinski definition) is 6. The molecule has 16 nitrogen and oxygen atoms in total. The lowest BCUT2D eigenvalue weighted by atomic mass is 9.43. The van der Waals surface area contributed by atoms with Crippen LogP contribution < -0.4 is 31.9 Å². The van der Waals surface area contributed by atoms with E-state index in [0.717, 1.165) is 75.3 Å². The molecule has 0 unspecified atom stereocenters. The van der Waals surface area contributed by atoms with Crippen molar-refractivity contribution >= 4 is 42.7 Å². The van der Waals surface area contributed by atoms with Crippen LogP contribution in [0, 0.1) is 17.3 Å². The highest BCUT2D eigenvalue weighted by Crippen LogP contribution is 2.65. The molecule has 17 heteroatoms. The molecule has 5 fully saturated rings. The van der Waals surface area contributed by atoms with Gasteiger partial charge in [-0.25, -0.2) is 4.79 Å². The van der Waals surface area contributed by atoms with Gasteiger partial charge in [0.2, 0.25) is 23.6 Å². The van der Waals surface area contributed by atoms with E-state index < -0.39 is 78.2 Å². The van der Waals surface area contributed by atoms with Crippen molar-refractivity contribution in [3.8, 4) is 11.1 Å². The van der Waals surface area contributed by atoms with Crippen LogP contribution in [0.1, 0.15) is 168 Å². The lowest BCUT2D eigenvalue weighted by molar-refractivity contribution is -0.199. The Kier molecular flexibility index (Phi) is 20.4. The fourth-order valence-electron chi connectivity index (χ4n) is 10.9. The molecule has 6 N–H and O–H groups in total. The van der Waals surface area contributed by atoms with Gasteiger partial charge in [-0.1, -0.05) is 95.7 Å². The third kappa shape index (κ3) is 15.8. The summed E-state index contributed by atoms with van der Waals surface area (Å²) in [5.74, 6) is -2.20. The average Bonchev–Trinajstić information content (AvgIpc) is 3.72. The summed E-state index contributed by atoms with van der Waals surface area (Å²) in [6, 6.07) is 11.3. The monoisotopic (exact) mass is 1010 g/mol. The molecular formula is C56H85BN6O10. The van der Waals surface area contributed by atoms with Gasteiger partial charge in [0.25, 0.3) is 5.91 Å². The number of nitrogens with one attached hydrogen (secondary N) is 6. The first-order valence-corrected chi connectivity index (χ1v) is 27.3. The van der Waals surface area contributed by atoms with Gasteiger partial charge in [0, 0.05) is 18.7 Å². The number of hydrogen-bond acceptors (Lipinski definition) is 10. The summed E-state index contributed by atoms with van der Waals surface area (Å²) in [6.45, 7) is 18.1. The Morgan fingerprint density at radius 3 is 2.19 bits per heavy atom. The Bertz CT molecular complexity index is 2190. The topological polar surface area (TPSA) is 212 Å². The molecule has 5 aliphatic rings. The van der Waals surface area contributed by atoms with Crippen LogP contribution in [0.4, 0.5) is 4.79 Å². The summed E-state index contributed by atoms with van der Waals surface area (Å²) in [6.07, 6.45) is 11.3. The van der Waals surface area contributed by atoms with Crippen molar-refractivity contribution in [3.63, 3.8) is 0 Å². The van der Waals surface area contributed by atoms with E-state index in [0.29, 0.717) is 49.7 Å². The minimum atomic E-state index is -1.23. The summed E-state index contributed by atoms with van der Waals surface area (Å²) in [4.78, 5) is 82.3.